The van der Waals surface area contributed by atoms with E-state index in [4.69, 9.17) is 11.6 Å². The SMILES string of the molecule is CNC(=O)C#Cc1ccc(NC(=O)Nc2ccc(Cl)c(C(F)(F)F)c2)cc1. The first kappa shape index (κ1) is 20.1. The molecule has 0 aliphatic rings. The average Bonchev–Trinajstić information content (AvgIpc) is 2.61. The van der Waals surface area contributed by atoms with Gasteiger partial charge in [0, 0.05) is 29.9 Å². The Morgan fingerprint density at radius 1 is 1.00 bits per heavy atom. The van der Waals surface area contributed by atoms with Crippen molar-refractivity contribution >= 4 is 34.9 Å². The number of amides is 3. The Balaban J connectivity index is 2.04. The van der Waals surface area contributed by atoms with E-state index >= 15 is 0 Å². The zero-order valence-corrected chi connectivity index (χ0v) is 14.6. The second-order valence-corrected chi connectivity index (χ2v) is 5.59. The molecular weight excluding hydrogens is 383 g/mol. The monoisotopic (exact) mass is 395 g/mol. The summed E-state index contributed by atoms with van der Waals surface area (Å²) in [6.07, 6.45) is -4.63. The summed E-state index contributed by atoms with van der Waals surface area (Å²) < 4.78 is 38.5. The highest BCUT2D eigenvalue weighted by Gasteiger charge is 2.33. The van der Waals surface area contributed by atoms with Crippen LogP contribution in [0.5, 0.6) is 0 Å². The van der Waals surface area contributed by atoms with Crippen LogP contribution in [0.2, 0.25) is 5.02 Å². The van der Waals surface area contributed by atoms with Crippen LogP contribution in [0, 0.1) is 11.8 Å². The van der Waals surface area contributed by atoms with Crippen molar-refractivity contribution in [2.24, 2.45) is 0 Å². The molecule has 0 unspecified atom stereocenters. The van der Waals surface area contributed by atoms with Gasteiger partial charge in [-0.2, -0.15) is 13.2 Å². The molecule has 0 atom stereocenters. The van der Waals surface area contributed by atoms with E-state index < -0.39 is 28.7 Å². The number of urea groups is 1. The maximum absolute atomic E-state index is 12.8. The van der Waals surface area contributed by atoms with E-state index in [1.165, 1.54) is 25.2 Å². The van der Waals surface area contributed by atoms with Crippen molar-refractivity contribution in [2.75, 3.05) is 17.7 Å². The highest BCUT2D eigenvalue weighted by atomic mass is 35.5. The van der Waals surface area contributed by atoms with Crippen molar-refractivity contribution in [3.63, 3.8) is 0 Å². The number of carbonyl (C=O) groups is 2. The zero-order chi connectivity index (χ0) is 20.0. The fourth-order valence-electron chi connectivity index (χ4n) is 1.94. The maximum Gasteiger partial charge on any atom is 0.417 e. The molecule has 0 saturated heterocycles. The van der Waals surface area contributed by atoms with Gasteiger partial charge in [0.1, 0.15) is 0 Å². The minimum absolute atomic E-state index is 0.0581. The molecule has 3 amide bonds. The van der Waals surface area contributed by atoms with E-state index in [-0.39, 0.29) is 5.69 Å². The van der Waals surface area contributed by atoms with Gasteiger partial charge in [0.05, 0.1) is 10.6 Å². The molecule has 0 heterocycles. The van der Waals surface area contributed by atoms with E-state index in [0.717, 1.165) is 12.1 Å². The lowest BCUT2D eigenvalue weighted by Gasteiger charge is -2.12. The van der Waals surface area contributed by atoms with Crippen molar-refractivity contribution in [1.82, 2.24) is 5.32 Å². The van der Waals surface area contributed by atoms with Crippen molar-refractivity contribution in [2.45, 2.75) is 6.18 Å². The Morgan fingerprint density at radius 2 is 1.59 bits per heavy atom. The Morgan fingerprint density at radius 3 is 2.19 bits per heavy atom. The molecule has 3 N–H and O–H groups in total. The third kappa shape index (κ3) is 5.94. The van der Waals surface area contributed by atoms with Crippen molar-refractivity contribution < 1.29 is 22.8 Å². The molecule has 0 spiro atoms. The van der Waals surface area contributed by atoms with Gasteiger partial charge in [0.25, 0.3) is 5.91 Å². The Kier molecular flexibility index (Phi) is 6.32. The van der Waals surface area contributed by atoms with Gasteiger partial charge in [-0.1, -0.05) is 17.5 Å². The molecule has 2 rings (SSSR count). The molecule has 0 aromatic heterocycles. The Hall–Kier alpha value is -3.18. The van der Waals surface area contributed by atoms with Crippen LogP contribution >= 0.6 is 11.6 Å². The van der Waals surface area contributed by atoms with Gasteiger partial charge in [-0.25, -0.2) is 4.79 Å². The van der Waals surface area contributed by atoms with Gasteiger partial charge in [-0.05, 0) is 42.5 Å². The summed E-state index contributed by atoms with van der Waals surface area (Å²) in [6.45, 7) is 0. The van der Waals surface area contributed by atoms with E-state index in [2.05, 4.69) is 27.8 Å². The van der Waals surface area contributed by atoms with Gasteiger partial charge in [-0.15, -0.1) is 0 Å². The largest absolute Gasteiger partial charge is 0.417 e. The normalized spacial score (nSPS) is 10.4. The summed E-state index contributed by atoms with van der Waals surface area (Å²) >= 11 is 5.53. The molecule has 140 valence electrons. The first-order valence-corrected chi connectivity index (χ1v) is 7.85. The van der Waals surface area contributed by atoms with Crippen LogP contribution in [0.15, 0.2) is 42.5 Å². The number of halogens is 4. The molecule has 0 bridgehead atoms. The van der Waals surface area contributed by atoms with Crippen LogP contribution in [0.25, 0.3) is 0 Å². The summed E-state index contributed by atoms with van der Waals surface area (Å²) in [5, 5.41) is 6.68. The first-order valence-electron chi connectivity index (χ1n) is 7.47. The zero-order valence-electron chi connectivity index (χ0n) is 13.9. The van der Waals surface area contributed by atoms with Crippen LogP contribution in [0.3, 0.4) is 0 Å². The third-order valence-corrected chi connectivity index (χ3v) is 3.55. The number of alkyl halides is 3. The van der Waals surface area contributed by atoms with E-state index in [9.17, 15) is 22.8 Å². The van der Waals surface area contributed by atoms with Gasteiger partial charge in [0.2, 0.25) is 0 Å². The molecule has 0 radical (unpaired) electrons. The number of nitrogens with one attached hydrogen (secondary N) is 3. The lowest BCUT2D eigenvalue weighted by Crippen LogP contribution is -2.19. The van der Waals surface area contributed by atoms with Crippen LogP contribution < -0.4 is 16.0 Å². The molecule has 0 aliphatic heterocycles. The van der Waals surface area contributed by atoms with Gasteiger partial charge in [-0.3, -0.25) is 4.79 Å². The highest BCUT2D eigenvalue weighted by molar-refractivity contribution is 6.31. The summed E-state index contributed by atoms with van der Waals surface area (Å²) in [4.78, 5) is 23.0. The molecular formula is C18H13ClF3N3O2. The predicted octanol–water partition coefficient (Wildman–Crippen LogP) is 4.10. The maximum atomic E-state index is 12.8. The number of hydrogen-bond donors (Lipinski definition) is 3. The van der Waals surface area contributed by atoms with Crippen LogP contribution in [0.1, 0.15) is 11.1 Å². The lowest BCUT2D eigenvalue weighted by atomic mass is 10.2. The smallest absolute Gasteiger partial charge is 0.348 e. The summed E-state index contributed by atoms with van der Waals surface area (Å²) in [7, 11) is 1.46. The number of anilines is 2. The third-order valence-electron chi connectivity index (χ3n) is 3.22. The number of rotatable bonds is 2. The second-order valence-electron chi connectivity index (χ2n) is 5.18. The van der Waals surface area contributed by atoms with Gasteiger partial charge < -0.3 is 16.0 Å². The predicted molar refractivity (Wildman–Crippen MR) is 96.5 cm³/mol. The number of hydrogen-bond acceptors (Lipinski definition) is 2. The van der Waals surface area contributed by atoms with Crippen molar-refractivity contribution in [3.05, 3.63) is 58.6 Å². The van der Waals surface area contributed by atoms with E-state index in [1.807, 2.05) is 0 Å². The van der Waals surface area contributed by atoms with Crippen LogP contribution in [-0.2, 0) is 11.0 Å². The van der Waals surface area contributed by atoms with Crippen LogP contribution in [0.4, 0.5) is 29.3 Å². The standard InChI is InChI=1S/C18H13ClF3N3O2/c1-23-16(26)9-4-11-2-5-12(6-3-11)24-17(27)25-13-7-8-15(19)14(10-13)18(20,21)22/h2-3,5-8,10H,1H3,(H,23,26)(H2,24,25,27). The minimum Gasteiger partial charge on any atom is -0.348 e. The van der Waals surface area contributed by atoms with Gasteiger partial charge in [0.15, 0.2) is 0 Å². The number of benzene rings is 2. The van der Waals surface area contributed by atoms with E-state index in [0.29, 0.717) is 11.3 Å². The lowest BCUT2D eigenvalue weighted by molar-refractivity contribution is -0.137. The number of carbonyl (C=O) groups excluding carboxylic acids is 2. The van der Waals surface area contributed by atoms with Crippen molar-refractivity contribution in [1.29, 1.82) is 0 Å². The topological polar surface area (TPSA) is 70.2 Å². The van der Waals surface area contributed by atoms with E-state index in [1.54, 1.807) is 12.1 Å². The summed E-state index contributed by atoms with van der Waals surface area (Å²) in [5.41, 5.74) is -0.154. The molecule has 27 heavy (non-hydrogen) atoms. The fourth-order valence-corrected chi connectivity index (χ4v) is 2.17. The molecule has 9 heteroatoms. The quantitative estimate of drug-likeness (QED) is 0.670. The Labute approximate surface area is 157 Å². The molecule has 2 aromatic rings. The van der Waals surface area contributed by atoms with Crippen LogP contribution in [-0.4, -0.2) is 19.0 Å². The Bertz CT molecular complexity index is 916. The molecule has 0 fully saturated rings. The fraction of sp³-hybridized carbons (Fsp3) is 0.111. The molecule has 0 aliphatic carbocycles. The second kappa shape index (κ2) is 8.47. The summed E-state index contributed by atoms with van der Waals surface area (Å²) in [5.74, 6) is 4.56. The molecule has 0 saturated carbocycles. The highest BCUT2D eigenvalue weighted by Crippen LogP contribution is 2.36. The average molecular weight is 396 g/mol. The summed E-state index contributed by atoms with van der Waals surface area (Å²) in [6, 6.07) is 8.57. The minimum atomic E-state index is -4.63. The first-order chi connectivity index (χ1) is 12.7. The van der Waals surface area contributed by atoms with Crippen molar-refractivity contribution in [3.8, 4) is 11.8 Å². The molecule has 2 aromatic carbocycles. The molecule has 5 nitrogen and oxygen atoms in total. The van der Waals surface area contributed by atoms with Gasteiger partial charge >= 0.3 is 12.2 Å².